The first-order valence-electron chi connectivity index (χ1n) is 9.06. The Balaban J connectivity index is 2.69. The minimum Gasteiger partial charge on any atom is -0.394 e. The molecular formula is C16H31NO6. The first-order valence-corrected chi connectivity index (χ1v) is 8.35. The van der Waals surface area contributed by atoms with E-state index in [1.807, 2.05) is 0 Å². The Morgan fingerprint density at radius 2 is 1.87 bits per heavy atom. The van der Waals surface area contributed by atoms with E-state index < -0.39 is 42.5 Å². The number of rotatable bonds is 10. The van der Waals surface area contributed by atoms with Crippen molar-refractivity contribution >= 4 is 5.78 Å². The Bertz CT molecular complexity index is 386. The molecule has 1 aliphatic rings. The molecule has 0 saturated carbocycles. The van der Waals surface area contributed by atoms with Crippen molar-refractivity contribution in [3.8, 4) is 0 Å². The second kappa shape index (κ2) is 9.66. The van der Waals surface area contributed by atoms with Crippen molar-refractivity contribution in [3.05, 3.63) is 0 Å². The summed E-state index contributed by atoms with van der Waals surface area (Å²) in [6, 6.07) is -1.32. The van der Waals surface area contributed by atoms with E-state index in [-0.39, 0.29) is 13.4 Å². The molecule has 23 heavy (non-hydrogen) atoms. The number of likely N-dealkylation sites (N-methyl/N-ethyl adjacent to an activating group) is 1. The summed E-state index contributed by atoms with van der Waals surface area (Å²) in [6.07, 6.45) is 1.66. The molecule has 1 aliphatic heterocycles. The maximum Gasteiger partial charge on any atom is 0.245 e. The van der Waals surface area contributed by atoms with Crippen molar-refractivity contribution < 1.29 is 31.3 Å². The van der Waals surface area contributed by atoms with Crippen molar-refractivity contribution in [2.45, 2.75) is 82.0 Å². The fraction of sp³-hybridized carbons (Fsp3) is 0.938. The maximum absolute atomic E-state index is 12.5. The summed E-state index contributed by atoms with van der Waals surface area (Å²) >= 11 is 0. The summed E-state index contributed by atoms with van der Waals surface area (Å²) < 4.78 is 12.4. The molecule has 1 fully saturated rings. The van der Waals surface area contributed by atoms with Gasteiger partial charge in [0.25, 0.3) is 0 Å². The van der Waals surface area contributed by atoms with Crippen LogP contribution in [0.1, 0.15) is 53.2 Å². The van der Waals surface area contributed by atoms with Crippen molar-refractivity contribution in [1.29, 1.82) is 0 Å². The molecule has 0 aromatic carbocycles. The number of hydrogen-bond acceptors (Lipinski definition) is 7. The highest BCUT2D eigenvalue weighted by molar-refractivity contribution is 5.86. The van der Waals surface area contributed by atoms with Gasteiger partial charge < -0.3 is 30.5 Å². The molecule has 0 aromatic rings. The Morgan fingerprint density at radius 3 is 2.48 bits per heavy atom. The van der Waals surface area contributed by atoms with E-state index in [4.69, 9.17) is 6.11 Å². The average Bonchev–Trinajstić information content (AvgIpc) is 2.57. The van der Waals surface area contributed by atoms with E-state index in [1.165, 1.54) is 0 Å². The standard InChI is InChI=1S/C16H31NO6/c1-3-4-5-6-7-8-9-12(19)16(22)15(17-2)14(21)13(20)11(10-18)23-16/h11,13-15,17-18,20-22H,3-10H2,1-2H3/t11-,13-,14+,15-,16?/m1/s1/i2D. The summed E-state index contributed by atoms with van der Waals surface area (Å²) in [4.78, 5) is 12.5. The maximum atomic E-state index is 12.5. The molecule has 0 radical (unpaired) electrons. The van der Waals surface area contributed by atoms with Crippen molar-refractivity contribution in [1.82, 2.24) is 5.32 Å². The lowest BCUT2D eigenvalue weighted by Crippen LogP contribution is -2.71. The molecule has 136 valence electrons. The molecule has 1 rings (SSSR count). The highest BCUT2D eigenvalue weighted by Gasteiger charge is 2.56. The second-order valence-electron chi connectivity index (χ2n) is 6.14. The highest BCUT2D eigenvalue weighted by Crippen LogP contribution is 2.30. The zero-order valence-corrected chi connectivity index (χ0v) is 13.8. The van der Waals surface area contributed by atoms with Gasteiger partial charge in [-0.15, -0.1) is 0 Å². The summed E-state index contributed by atoms with van der Waals surface area (Å²) in [7, 11) is -0.367. The molecule has 1 saturated heterocycles. The quantitative estimate of drug-likeness (QED) is 0.348. The van der Waals surface area contributed by atoms with Crippen LogP contribution in [0.5, 0.6) is 0 Å². The molecular weight excluding hydrogens is 302 g/mol. The van der Waals surface area contributed by atoms with Crippen LogP contribution < -0.4 is 5.32 Å². The second-order valence-corrected chi connectivity index (χ2v) is 6.14. The van der Waals surface area contributed by atoms with Gasteiger partial charge in [-0.2, -0.15) is 0 Å². The number of nitrogens with one attached hydrogen (secondary N) is 1. The third kappa shape index (κ3) is 4.95. The molecule has 5 N–H and O–H groups in total. The topological polar surface area (TPSA) is 119 Å². The molecule has 7 heteroatoms. The Labute approximate surface area is 139 Å². The van der Waals surface area contributed by atoms with E-state index in [2.05, 4.69) is 12.2 Å². The summed E-state index contributed by atoms with van der Waals surface area (Å²) in [5.41, 5.74) is 0. The number of carbonyl (C=O) groups is 1. The van der Waals surface area contributed by atoms with Crippen LogP contribution in [0.25, 0.3) is 0 Å². The first kappa shape index (κ1) is 18.8. The van der Waals surface area contributed by atoms with Crippen LogP contribution in [0.4, 0.5) is 0 Å². The third-order valence-corrected chi connectivity index (χ3v) is 4.38. The number of aliphatic hydroxyl groups is 4. The molecule has 0 aromatic heterocycles. The molecule has 1 heterocycles. The van der Waals surface area contributed by atoms with Gasteiger partial charge >= 0.3 is 0 Å². The van der Waals surface area contributed by atoms with Gasteiger partial charge in [-0.1, -0.05) is 39.0 Å². The smallest absolute Gasteiger partial charge is 0.245 e. The Hall–Kier alpha value is -0.570. The zero-order chi connectivity index (χ0) is 18.2. The van der Waals surface area contributed by atoms with E-state index in [1.54, 1.807) is 0 Å². The molecule has 0 aliphatic carbocycles. The lowest BCUT2D eigenvalue weighted by atomic mass is 9.86. The molecule has 1 unspecified atom stereocenters. The van der Waals surface area contributed by atoms with Crippen LogP contribution in [-0.2, 0) is 9.53 Å². The largest absolute Gasteiger partial charge is 0.394 e. The van der Waals surface area contributed by atoms with Crippen LogP contribution >= 0.6 is 0 Å². The fourth-order valence-corrected chi connectivity index (χ4v) is 2.91. The van der Waals surface area contributed by atoms with Crippen LogP contribution in [0.3, 0.4) is 0 Å². The normalized spacial score (nSPS) is 35.1. The van der Waals surface area contributed by atoms with Crippen LogP contribution in [-0.4, -0.2) is 70.0 Å². The lowest BCUT2D eigenvalue weighted by Gasteiger charge is -2.46. The third-order valence-electron chi connectivity index (χ3n) is 4.38. The van der Waals surface area contributed by atoms with E-state index in [0.29, 0.717) is 6.42 Å². The first-order chi connectivity index (χ1) is 11.4. The predicted molar refractivity (Wildman–Crippen MR) is 84.8 cm³/mol. The summed E-state index contributed by atoms with van der Waals surface area (Å²) in [5, 5.41) is 42.4. The van der Waals surface area contributed by atoms with Gasteiger partial charge in [-0.3, -0.25) is 4.79 Å². The van der Waals surface area contributed by atoms with E-state index in [9.17, 15) is 25.2 Å². The van der Waals surface area contributed by atoms with E-state index in [0.717, 1.165) is 32.1 Å². The Morgan fingerprint density at radius 1 is 1.22 bits per heavy atom. The van der Waals surface area contributed by atoms with Gasteiger partial charge in [0.15, 0.2) is 5.78 Å². The minimum absolute atomic E-state index is 0.0692. The number of unbranched alkanes of at least 4 members (excludes halogenated alkanes) is 5. The van der Waals surface area contributed by atoms with Gasteiger partial charge in [0.2, 0.25) is 5.79 Å². The fourth-order valence-electron chi connectivity index (χ4n) is 2.91. The number of carbonyl (C=O) groups excluding carboxylic acids is 1. The minimum atomic E-state index is -2.36. The van der Waals surface area contributed by atoms with Crippen LogP contribution in [0.15, 0.2) is 0 Å². The van der Waals surface area contributed by atoms with Crippen molar-refractivity contribution in [2.75, 3.05) is 13.6 Å². The molecule has 0 amide bonds. The summed E-state index contributed by atoms with van der Waals surface area (Å²) in [5.74, 6) is -2.98. The zero-order valence-electron chi connectivity index (χ0n) is 14.8. The van der Waals surface area contributed by atoms with Crippen LogP contribution in [0.2, 0.25) is 0 Å². The molecule has 5 atom stereocenters. The SMILES string of the molecule is [2H]CN[C@@H]1[C@@H](O)[C@H](O)[C@@H](CO)OC1(O)C(=O)CCCCCCCC. The van der Waals surface area contributed by atoms with Crippen molar-refractivity contribution in [3.63, 3.8) is 0 Å². The number of Topliss-reactive ketones (excluding diaryl/α,β-unsaturated/α-hetero) is 1. The monoisotopic (exact) mass is 334 g/mol. The number of aliphatic hydroxyl groups excluding tert-OH is 3. The summed E-state index contributed by atoms with van der Waals surface area (Å²) in [6.45, 7) is 1.48. The average molecular weight is 334 g/mol. The van der Waals surface area contributed by atoms with Crippen molar-refractivity contribution in [2.24, 2.45) is 0 Å². The molecule has 7 nitrogen and oxygen atoms in total. The number of ketones is 1. The van der Waals surface area contributed by atoms with Gasteiger partial charge in [0, 0.05) is 7.79 Å². The Kier molecular flexibility index (Phi) is 7.88. The predicted octanol–water partition coefficient (Wildman–Crippen LogP) is -0.304. The molecule has 0 bridgehead atoms. The number of hydrogen-bond donors (Lipinski definition) is 5. The van der Waals surface area contributed by atoms with Gasteiger partial charge in [0.1, 0.15) is 18.3 Å². The molecule has 0 spiro atoms. The van der Waals surface area contributed by atoms with Crippen LogP contribution in [0, 0.1) is 0 Å². The van der Waals surface area contributed by atoms with Gasteiger partial charge in [-0.25, -0.2) is 0 Å². The lowest BCUT2D eigenvalue weighted by molar-refractivity contribution is -0.302. The highest BCUT2D eigenvalue weighted by atomic mass is 16.7. The van der Waals surface area contributed by atoms with Gasteiger partial charge in [-0.05, 0) is 13.4 Å². The van der Waals surface area contributed by atoms with E-state index >= 15 is 0 Å². The van der Waals surface area contributed by atoms with Gasteiger partial charge in [0.05, 0.1) is 12.6 Å². The number of ether oxygens (including phenoxy) is 1.